The Morgan fingerprint density at radius 1 is 0.929 bits per heavy atom. The summed E-state index contributed by atoms with van der Waals surface area (Å²) >= 11 is 7.44. The summed E-state index contributed by atoms with van der Waals surface area (Å²) in [6.45, 7) is 1.90. The molecular weight excluding hydrogens is 392 g/mol. The number of carbonyl (C=O) groups excluding carboxylic acids is 2. The van der Waals surface area contributed by atoms with Gasteiger partial charge in [0, 0.05) is 16.1 Å². The molecule has 0 aliphatic rings. The van der Waals surface area contributed by atoms with Crippen molar-refractivity contribution in [3.8, 4) is 0 Å². The first kappa shape index (κ1) is 20.0. The van der Waals surface area contributed by atoms with Crippen LogP contribution in [0, 0.1) is 6.92 Å². The minimum atomic E-state index is -0.156. The molecule has 0 atom stereocenters. The Kier molecular flexibility index (Phi) is 6.74. The van der Waals surface area contributed by atoms with Crippen molar-refractivity contribution >= 4 is 46.6 Å². The molecule has 2 amide bonds. The lowest BCUT2D eigenvalue weighted by molar-refractivity contribution is -0.113. The number of aryl methyl sites for hydroxylation is 1. The fraction of sp³-hybridized carbons (Fsp3) is 0.0909. The molecule has 0 spiro atoms. The maximum atomic E-state index is 12.5. The van der Waals surface area contributed by atoms with Gasteiger partial charge in [0.05, 0.1) is 16.5 Å². The minimum absolute atomic E-state index is 0.146. The standard InChI is InChI=1S/C22H19ClN2O2S/c1-15-7-2-3-10-18(15)22(27)24-16-8-6-9-17(13-16)28-14-21(26)25-20-12-5-4-11-19(20)23/h2-13H,14H2,1H3,(H,24,27)(H,25,26). The van der Waals surface area contributed by atoms with E-state index in [0.29, 0.717) is 22.0 Å². The number of anilines is 2. The van der Waals surface area contributed by atoms with Gasteiger partial charge >= 0.3 is 0 Å². The van der Waals surface area contributed by atoms with E-state index in [1.165, 1.54) is 11.8 Å². The zero-order valence-corrected chi connectivity index (χ0v) is 16.8. The largest absolute Gasteiger partial charge is 0.324 e. The Morgan fingerprint density at radius 3 is 2.46 bits per heavy atom. The van der Waals surface area contributed by atoms with Crippen molar-refractivity contribution in [2.45, 2.75) is 11.8 Å². The van der Waals surface area contributed by atoms with Crippen LogP contribution < -0.4 is 10.6 Å². The lowest BCUT2D eigenvalue weighted by atomic mass is 10.1. The Bertz CT molecular complexity index is 1010. The molecule has 0 aromatic heterocycles. The highest BCUT2D eigenvalue weighted by Crippen LogP contribution is 2.24. The van der Waals surface area contributed by atoms with Gasteiger partial charge in [0.1, 0.15) is 0 Å². The molecule has 3 aromatic carbocycles. The van der Waals surface area contributed by atoms with Crippen molar-refractivity contribution in [1.82, 2.24) is 0 Å². The monoisotopic (exact) mass is 410 g/mol. The van der Waals surface area contributed by atoms with Crippen LogP contribution in [0.3, 0.4) is 0 Å². The van der Waals surface area contributed by atoms with Gasteiger partial charge in [-0.05, 0) is 48.9 Å². The van der Waals surface area contributed by atoms with Crippen LogP contribution in [0.5, 0.6) is 0 Å². The van der Waals surface area contributed by atoms with Crippen molar-refractivity contribution in [2.24, 2.45) is 0 Å². The van der Waals surface area contributed by atoms with Crippen LogP contribution in [-0.2, 0) is 4.79 Å². The quantitative estimate of drug-likeness (QED) is 0.517. The summed E-state index contributed by atoms with van der Waals surface area (Å²) in [5.74, 6) is -0.0652. The van der Waals surface area contributed by atoms with E-state index in [2.05, 4.69) is 10.6 Å². The van der Waals surface area contributed by atoms with Crippen molar-refractivity contribution in [1.29, 1.82) is 0 Å². The van der Waals surface area contributed by atoms with E-state index in [-0.39, 0.29) is 17.6 Å². The van der Waals surface area contributed by atoms with Crippen molar-refractivity contribution in [3.63, 3.8) is 0 Å². The van der Waals surface area contributed by atoms with Crippen LogP contribution in [0.1, 0.15) is 15.9 Å². The summed E-state index contributed by atoms with van der Waals surface area (Å²) in [6.07, 6.45) is 0. The average Bonchev–Trinajstić information content (AvgIpc) is 2.69. The summed E-state index contributed by atoms with van der Waals surface area (Å²) in [5.41, 5.74) is 2.83. The SMILES string of the molecule is Cc1ccccc1C(=O)Nc1cccc(SCC(=O)Nc2ccccc2Cl)c1. The highest BCUT2D eigenvalue weighted by atomic mass is 35.5. The Hall–Kier alpha value is -2.76. The first-order valence-corrected chi connectivity index (χ1v) is 10.0. The van der Waals surface area contributed by atoms with Gasteiger partial charge < -0.3 is 10.6 Å². The Morgan fingerprint density at radius 2 is 1.68 bits per heavy atom. The van der Waals surface area contributed by atoms with Crippen molar-refractivity contribution in [2.75, 3.05) is 16.4 Å². The summed E-state index contributed by atoms with van der Waals surface area (Å²) in [4.78, 5) is 25.5. The third kappa shape index (κ3) is 5.38. The van der Waals surface area contributed by atoms with Gasteiger partial charge in [-0.3, -0.25) is 9.59 Å². The molecule has 0 bridgehead atoms. The number of hydrogen-bond acceptors (Lipinski definition) is 3. The molecule has 4 nitrogen and oxygen atoms in total. The van der Waals surface area contributed by atoms with E-state index in [1.807, 2.05) is 61.5 Å². The number of nitrogens with one attached hydrogen (secondary N) is 2. The molecule has 3 rings (SSSR count). The molecule has 6 heteroatoms. The highest BCUT2D eigenvalue weighted by Gasteiger charge is 2.10. The second kappa shape index (κ2) is 9.44. The molecule has 0 saturated carbocycles. The third-order valence-corrected chi connectivity index (χ3v) is 5.32. The molecule has 0 aliphatic carbocycles. The molecular formula is C22H19ClN2O2S. The van der Waals surface area contributed by atoms with Crippen LogP contribution in [0.2, 0.25) is 5.02 Å². The van der Waals surface area contributed by atoms with E-state index in [4.69, 9.17) is 11.6 Å². The van der Waals surface area contributed by atoms with E-state index in [9.17, 15) is 9.59 Å². The topological polar surface area (TPSA) is 58.2 Å². The van der Waals surface area contributed by atoms with Crippen molar-refractivity contribution in [3.05, 3.63) is 88.9 Å². The van der Waals surface area contributed by atoms with E-state index in [0.717, 1.165) is 10.5 Å². The maximum absolute atomic E-state index is 12.5. The lowest BCUT2D eigenvalue weighted by Crippen LogP contribution is -2.14. The number of thioether (sulfide) groups is 1. The van der Waals surface area contributed by atoms with Gasteiger partial charge in [-0.1, -0.05) is 48.0 Å². The molecule has 3 aromatic rings. The fourth-order valence-corrected chi connectivity index (χ4v) is 3.53. The third-order valence-electron chi connectivity index (χ3n) is 4.00. The molecule has 0 heterocycles. The molecule has 0 aliphatic heterocycles. The summed E-state index contributed by atoms with van der Waals surface area (Å²) < 4.78 is 0. The van der Waals surface area contributed by atoms with Gasteiger partial charge in [0.25, 0.3) is 5.91 Å². The first-order chi connectivity index (χ1) is 13.5. The zero-order valence-electron chi connectivity index (χ0n) is 15.2. The van der Waals surface area contributed by atoms with Crippen LogP contribution in [-0.4, -0.2) is 17.6 Å². The predicted octanol–water partition coefficient (Wildman–Crippen LogP) is 5.63. The van der Waals surface area contributed by atoms with E-state index >= 15 is 0 Å². The van der Waals surface area contributed by atoms with Gasteiger partial charge in [0.15, 0.2) is 0 Å². The lowest BCUT2D eigenvalue weighted by Gasteiger charge is -2.09. The molecule has 2 N–H and O–H groups in total. The Labute approximate surface area is 173 Å². The number of halogens is 1. The van der Waals surface area contributed by atoms with Crippen LogP contribution >= 0.6 is 23.4 Å². The van der Waals surface area contributed by atoms with Gasteiger partial charge in [0.2, 0.25) is 5.91 Å². The molecule has 0 radical (unpaired) electrons. The smallest absolute Gasteiger partial charge is 0.255 e. The van der Waals surface area contributed by atoms with Gasteiger partial charge in [-0.25, -0.2) is 0 Å². The van der Waals surface area contributed by atoms with Crippen molar-refractivity contribution < 1.29 is 9.59 Å². The number of hydrogen-bond donors (Lipinski definition) is 2. The highest BCUT2D eigenvalue weighted by molar-refractivity contribution is 8.00. The van der Waals surface area contributed by atoms with Crippen LogP contribution in [0.25, 0.3) is 0 Å². The summed E-state index contributed by atoms with van der Waals surface area (Å²) in [5, 5.41) is 6.20. The van der Waals surface area contributed by atoms with Crippen LogP contribution in [0.15, 0.2) is 77.7 Å². The fourth-order valence-electron chi connectivity index (χ4n) is 2.59. The second-order valence-corrected chi connectivity index (χ2v) is 7.57. The average molecular weight is 411 g/mol. The number of para-hydroxylation sites is 1. The minimum Gasteiger partial charge on any atom is -0.324 e. The summed E-state index contributed by atoms with van der Waals surface area (Å²) in [7, 11) is 0. The van der Waals surface area contributed by atoms with Gasteiger partial charge in [-0.2, -0.15) is 0 Å². The molecule has 0 fully saturated rings. The molecule has 142 valence electrons. The first-order valence-electron chi connectivity index (χ1n) is 8.67. The van der Waals surface area contributed by atoms with E-state index < -0.39 is 0 Å². The predicted molar refractivity (Wildman–Crippen MR) is 116 cm³/mol. The van der Waals surface area contributed by atoms with E-state index in [1.54, 1.807) is 18.2 Å². The summed E-state index contributed by atoms with van der Waals surface area (Å²) in [6, 6.07) is 22.0. The second-order valence-electron chi connectivity index (χ2n) is 6.11. The van der Waals surface area contributed by atoms with Gasteiger partial charge in [-0.15, -0.1) is 11.8 Å². The number of carbonyl (C=O) groups is 2. The van der Waals surface area contributed by atoms with Crippen LogP contribution in [0.4, 0.5) is 11.4 Å². The molecule has 28 heavy (non-hydrogen) atoms. The zero-order chi connectivity index (χ0) is 19.9. The normalized spacial score (nSPS) is 10.4. The molecule has 0 unspecified atom stereocenters. The maximum Gasteiger partial charge on any atom is 0.255 e. The number of amides is 2. The molecule has 0 saturated heterocycles. The number of benzene rings is 3. The number of rotatable bonds is 6. The Balaban J connectivity index is 1.59.